The number of piperidine rings is 1. The molecule has 2 amide bonds. The minimum atomic E-state index is -1.65. The van der Waals surface area contributed by atoms with Crippen molar-refractivity contribution in [3.8, 4) is 0 Å². The van der Waals surface area contributed by atoms with E-state index in [2.05, 4.69) is 10.6 Å². The molecule has 1 aliphatic heterocycles. The molecule has 126 valence electrons. The molecule has 1 aromatic rings. The maximum Gasteiger partial charge on any atom is 0.275 e. The Morgan fingerprint density at radius 1 is 1.00 bits per heavy atom. The van der Waals surface area contributed by atoms with Crippen molar-refractivity contribution >= 4 is 17.5 Å². The summed E-state index contributed by atoms with van der Waals surface area (Å²) in [6, 6.07) is 1.64. The fraction of sp³-hybridized carbons (Fsp3) is 0.467. The number of benzene rings is 1. The zero-order valence-corrected chi connectivity index (χ0v) is 12.6. The molecular formula is C15H19F3N3O2+. The van der Waals surface area contributed by atoms with Crippen LogP contribution in [-0.4, -0.2) is 38.0 Å². The molecule has 0 atom stereocenters. The molecule has 0 radical (unpaired) electrons. The second kappa shape index (κ2) is 7.96. The van der Waals surface area contributed by atoms with Crippen LogP contribution in [0.25, 0.3) is 0 Å². The second-order valence-corrected chi connectivity index (χ2v) is 5.54. The monoisotopic (exact) mass is 330 g/mol. The Hall–Kier alpha value is -2.09. The normalized spacial score (nSPS) is 15.3. The Kier molecular flexibility index (Phi) is 5.97. The minimum Gasteiger partial charge on any atom is -0.342 e. The maximum atomic E-state index is 13.4. The number of amides is 2. The van der Waals surface area contributed by atoms with E-state index in [0.717, 1.165) is 32.0 Å². The predicted molar refractivity (Wildman–Crippen MR) is 77.4 cm³/mol. The summed E-state index contributed by atoms with van der Waals surface area (Å²) in [5.74, 6) is -5.44. The summed E-state index contributed by atoms with van der Waals surface area (Å²) in [5, 5.41) is 4.53. The van der Waals surface area contributed by atoms with E-state index in [-0.39, 0.29) is 19.0 Å². The van der Waals surface area contributed by atoms with E-state index < -0.39 is 29.0 Å². The molecule has 3 N–H and O–H groups in total. The van der Waals surface area contributed by atoms with Crippen molar-refractivity contribution in [2.45, 2.75) is 19.3 Å². The molecule has 2 rings (SSSR count). The second-order valence-electron chi connectivity index (χ2n) is 5.54. The molecule has 5 nitrogen and oxygen atoms in total. The molecule has 0 unspecified atom stereocenters. The van der Waals surface area contributed by atoms with Gasteiger partial charge in [-0.05, 0) is 31.4 Å². The molecular weight excluding hydrogens is 311 g/mol. The number of carbonyl (C=O) groups excluding carboxylic acids is 2. The fourth-order valence-electron chi connectivity index (χ4n) is 2.51. The van der Waals surface area contributed by atoms with Gasteiger partial charge in [0.2, 0.25) is 5.91 Å². The minimum absolute atomic E-state index is 0.275. The van der Waals surface area contributed by atoms with E-state index >= 15 is 0 Å². The van der Waals surface area contributed by atoms with E-state index in [1.54, 1.807) is 0 Å². The Labute approximate surface area is 131 Å². The lowest BCUT2D eigenvalue weighted by atomic mass is 10.1. The number of rotatable bonds is 5. The Bertz CT molecular complexity index is 590. The van der Waals surface area contributed by atoms with E-state index in [9.17, 15) is 22.8 Å². The van der Waals surface area contributed by atoms with Crippen molar-refractivity contribution in [1.29, 1.82) is 0 Å². The van der Waals surface area contributed by atoms with Crippen LogP contribution in [0.1, 0.15) is 19.3 Å². The first-order chi connectivity index (χ1) is 11.0. The van der Waals surface area contributed by atoms with Gasteiger partial charge < -0.3 is 15.5 Å². The zero-order chi connectivity index (χ0) is 16.8. The van der Waals surface area contributed by atoms with Crippen LogP contribution in [-0.2, 0) is 9.59 Å². The van der Waals surface area contributed by atoms with Crippen molar-refractivity contribution in [3.05, 3.63) is 29.6 Å². The van der Waals surface area contributed by atoms with Gasteiger partial charge in [0, 0.05) is 0 Å². The Balaban J connectivity index is 1.78. The lowest BCUT2D eigenvalue weighted by Crippen LogP contribution is -3.13. The molecule has 1 aromatic carbocycles. The third-order valence-electron chi connectivity index (χ3n) is 3.73. The van der Waals surface area contributed by atoms with Crippen LogP contribution in [0.2, 0.25) is 0 Å². The van der Waals surface area contributed by atoms with Gasteiger partial charge in [0.25, 0.3) is 5.91 Å². The first kappa shape index (κ1) is 17.3. The summed E-state index contributed by atoms with van der Waals surface area (Å²) in [5.41, 5.74) is -0.468. The summed E-state index contributed by atoms with van der Waals surface area (Å²) < 4.78 is 39.2. The van der Waals surface area contributed by atoms with Gasteiger partial charge in [-0.3, -0.25) is 9.59 Å². The van der Waals surface area contributed by atoms with E-state index in [0.29, 0.717) is 6.07 Å². The molecule has 1 aliphatic rings. The molecule has 1 saturated heterocycles. The van der Waals surface area contributed by atoms with Gasteiger partial charge in [0.1, 0.15) is 0 Å². The van der Waals surface area contributed by atoms with Crippen LogP contribution in [0, 0.1) is 17.5 Å². The van der Waals surface area contributed by atoms with Crippen LogP contribution >= 0.6 is 0 Å². The lowest BCUT2D eigenvalue weighted by molar-refractivity contribution is -0.896. The molecule has 0 saturated carbocycles. The highest BCUT2D eigenvalue weighted by Gasteiger charge is 2.18. The summed E-state index contributed by atoms with van der Waals surface area (Å²) in [7, 11) is 0. The van der Waals surface area contributed by atoms with Crippen LogP contribution in [0.3, 0.4) is 0 Å². The Morgan fingerprint density at radius 3 is 2.39 bits per heavy atom. The zero-order valence-electron chi connectivity index (χ0n) is 12.6. The standard InChI is InChI=1S/C15H18F3N3O2/c16-10-4-5-11(15(18)14(10)17)20-12(22)8-19-13(23)9-21-6-2-1-3-7-21/h4-5H,1-3,6-9H2,(H,19,23)(H,20,22)/p+1. The largest absolute Gasteiger partial charge is 0.342 e. The van der Waals surface area contributed by atoms with Gasteiger partial charge in [-0.15, -0.1) is 0 Å². The van der Waals surface area contributed by atoms with Crippen molar-refractivity contribution in [2.24, 2.45) is 0 Å². The lowest BCUT2D eigenvalue weighted by Gasteiger charge is -2.22. The van der Waals surface area contributed by atoms with Gasteiger partial charge in [0.15, 0.2) is 24.0 Å². The Morgan fingerprint density at radius 2 is 1.70 bits per heavy atom. The summed E-state index contributed by atoms with van der Waals surface area (Å²) >= 11 is 0. The number of nitrogens with one attached hydrogen (secondary N) is 3. The predicted octanol–water partition coefficient (Wildman–Crippen LogP) is 0.227. The summed E-state index contributed by atoms with van der Waals surface area (Å²) in [6.45, 7) is 1.79. The number of hydrogen-bond acceptors (Lipinski definition) is 2. The van der Waals surface area contributed by atoms with Crippen LogP contribution in [0.15, 0.2) is 12.1 Å². The highest BCUT2D eigenvalue weighted by atomic mass is 19.2. The van der Waals surface area contributed by atoms with Gasteiger partial charge in [-0.25, -0.2) is 13.2 Å². The summed E-state index contributed by atoms with van der Waals surface area (Å²) in [6.07, 6.45) is 3.34. The topological polar surface area (TPSA) is 62.6 Å². The number of quaternary nitrogens is 1. The molecule has 1 heterocycles. The first-order valence-corrected chi connectivity index (χ1v) is 7.51. The molecule has 0 bridgehead atoms. The quantitative estimate of drug-likeness (QED) is 0.677. The smallest absolute Gasteiger partial charge is 0.275 e. The van der Waals surface area contributed by atoms with Crippen LogP contribution < -0.4 is 15.5 Å². The van der Waals surface area contributed by atoms with Gasteiger partial charge in [-0.1, -0.05) is 0 Å². The SMILES string of the molecule is O=C(C[NH+]1CCCCC1)NCC(=O)Nc1ccc(F)c(F)c1F. The molecule has 0 spiro atoms. The van der Waals surface area contributed by atoms with E-state index in [1.807, 2.05) is 0 Å². The fourth-order valence-corrected chi connectivity index (χ4v) is 2.51. The maximum absolute atomic E-state index is 13.4. The number of likely N-dealkylation sites (tertiary alicyclic amines) is 1. The third-order valence-corrected chi connectivity index (χ3v) is 3.73. The number of hydrogen-bond donors (Lipinski definition) is 3. The van der Waals surface area contributed by atoms with E-state index in [1.165, 1.54) is 11.3 Å². The van der Waals surface area contributed by atoms with Crippen molar-refractivity contribution < 1.29 is 27.7 Å². The molecule has 1 fully saturated rings. The average Bonchev–Trinajstić information content (AvgIpc) is 2.54. The third kappa shape index (κ3) is 4.95. The highest BCUT2D eigenvalue weighted by molar-refractivity contribution is 5.94. The number of carbonyl (C=O) groups is 2. The average molecular weight is 330 g/mol. The number of anilines is 1. The highest BCUT2D eigenvalue weighted by Crippen LogP contribution is 2.19. The van der Waals surface area contributed by atoms with Crippen molar-refractivity contribution in [3.63, 3.8) is 0 Å². The van der Waals surface area contributed by atoms with Crippen LogP contribution in [0.5, 0.6) is 0 Å². The molecule has 23 heavy (non-hydrogen) atoms. The van der Waals surface area contributed by atoms with E-state index in [4.69, 9.17) is 0 Å². The summed E-state index contributed by atoms with van der Waals surface area (Å²) in [4.78, 5) is 24.5. The van der Waals surface area contributed by atoms with Gasteiger partial charge in [-0.2, -0.15) is 0 Å². The molecule has 0 aliphatic carbocycles. The molecule has 0 aromatic heterocycles. The first-order valence-electron chi connectivity index (χ1n) is 7.51. The number of halogens is 3. The van der Waals surface area contributed by atoms with Crippen LogP contribution in [0.4, 0.5) is 18.9 Å². The molecule has 8 heteroatoms. The van der Waals surface area contributed by atoms with Gasteiger partial charge >= 0.3 is 0 Å². The van der Waals surface area contributed by atoms with Gasteiger partial charge in [0.05, 0.1) is 25.3 Å². The van der Waals surface area contributed by atoms with Crippen molar-refractivity contribution in [1.82, 2.24) is 5.32 Å². The van der Waals surface area contributed by atoms with Crippen molar-refractivity contribution in [2.75, 3.05) is 31.5 Å².